The highest BCUT2D eigenvalue weighted by Gasteiger charge is 2.17. The summed E-state index contributed by atoms with van der Waals surface area (Å²) in [5.74, 6) is 1.13. The molecule has 2 aromatic rings. The van der Waals surface area contributed by atoms with Gasteiger partial charge in [-0.3, -0.25) is 4.72 Å². The lowest BCUT2D eigenvalue weighted by atomic mass is 10.2. The molecule has 0 radical (unpaired) electrons. The van der Waals surface area contributed by atoms with Gasteiger partial charge in [0.25, 0.3) is 10.0 Å². The second-order valence-electron chi connectivity index (χ2n) is 4.87. The number of hydrogen-bond acceptors (Lipinski definition) is 4. The summed E-state index contributed by atoms with van der Waals surface area (Å²) < 4.78 is 38.2. The lowest BCUT2D eigenvalue weighted by Crippen LogP contribution is -2.16. The summed E-state index contributed by atoms with van der Waals surface area (Å²) in [4.78, 5) is 0.157. The first-order chi connectivity index (χ1) is 10.5. The van der Waals surface area contributed by atoms with Crippen LogP contribution in [0.1, 0.15) is 5.56 Å². The number of nitrogens with one attached hydrogen (secondary N) is 1. The molecule has 1 aliphatic rings. The number of benzene rings is 2. The van der Waals surface area contributed by atoms with E-state index in [9.17, 15) is 8.42 Å². The molecule has 0 aliphatic carbocycles. The maximum absolute atomic E-state index is 12.4. The van der Waals surface area contributed by atoms with Crippen LogP contribution in [0, 0.1) is 6.92 Å². The molecular formula is C15H14ClNO4S. The second-order valence-corrected chi connectivity index (χ2v) is 6.96. The fourth-order valence-electron chi connectivity index (χ4n) is 2.11. The van der Waals surface area contributed by atoms with Crippen molar-refractivity contribution in [2.75, 3.05) is 17.9 Å². The van der Waals surface area contributed by atoms with Crippen LogP contribution in [0.25, 0.3) is 0 Å². The minimum atomic E-state index is -3.68. The van der Waals surface area contributed by atoms with Crippen molar-refractivity contribution in [1.82, 2.24) is 0 Å². The van der Waals surface area contributed by atoms with Gasteiger partial charge in [0.1, 0.15) is 13.2 Å². The van der Waals surface area contributed by atoms with Crippen molar-refractivity contribution in [3.8, 4) is 11.5 Å². The molecule has 22 heavy (non-hydrogen) atoms. The van der Waals surface area contributed by atoms with Gasteiger partial charge >= 0.3 is 0 Å². The van der Waals surface area contributed by atoms with Gasteiger partial charge in [-0.05, 0) is 42.8 Å². The van der Waals surface area contributed by atoms with Gasteiger partial charge in [0.05, 0.1) is 10.6 Å². The van der Waals surface area contributed by atoms with Crippen LogP contribution in [0.2, 0.25) is 5.02 Å². The zero-order valence-electron chi connectivity index (χ0n) is 11.8. The van der Waals surface area contributed by atoms with Gasteiger partial charge in [0.2, 0.25) is 0 Å². The molecule has 3 rings (SSSR count). The van der Waals surface area contributed by atoms with Crippen LogP contribution in [0.5, 0.6) is 11.5 Å². The summed E-state index contributed by atoms with van der Waals surface area (Å²) in [7, 11) is -3.68. The number of halogens is 1. The van der Waals surface area contributed by atoms with Crippen LogP contribution in [-0.4, -0.2) is 21.6 Å². The van der Waals surface area contributed by atoms with E-state index in [2.05, 4.69) is 4.72 Å². The SMILES string of the molecule is Cc1cc(S(=O)(=O)Nc2ccc3c(c2)OCCO3)ccc1Cl. The lowest BCUT2D eigenvalue weighted by Gasteiger charge is -2.19. The Bertz CT molecular complexity index is 820. The molecule has 1 aliphatic heterocycles. The third-order valence-corrected chi connectivity index (χ3v) is 5.04. The molecule has 0 spiro atoms. The summed E-state index contributed by atoms with van der Waals surface area (Å²) in [6, 6.07) is 9.48. The smallest absolute Gasteiger partial charge is 0.261 e. The van der Waals surface area contributed by atoms with E-state index in [1.54, 1.807) is 31.2 Å². The first kappa shape index (κ1) is 15.0. The van der Waals surface area contributed by atoms with Crippen molar-refractivity contribution in [3.05, 3.63) is 47.0 Å². The van der Waals surface area contributed by atoms with Gasteiger partial charge in [0.15, 0.2) is 11.5 Å². The monoisotopic (exact) mass is 339 g/mol. The van der Waals surface area contributed by atoms with Crippen molar-refractivity contribution >= 4 is 27.3 Å². The minimum Gasteiger partial charge on any atom is -0.486 e. The highest BCUT2D eigenvalue weighted by Crippen LogP contribution is 2.33. The Hall–Kier alpha value is -1.92. The molecule has 0 fully saturated rings. The first-order valence-electron chi connectivity index (χ1n) is 6.64. The Labute approximate surface area is 133 Å². The third-order valence-electron chi connectivity index (χ3n) is 3.23. The molecule has 0 amide bonds. The molecule has 2 aromatic carbocycles. The zero-order chi connectivity index (χ0) is 15.7. The van der Waals surface area contributed by atoms with Crippen molar-refractivity contribution in [3.63, 3.8) is 0 Å². The number of rotatable bonds is 3. The summed E-state index contributed by atoms with van der Waals surface area (Å²) in [6.45, 7) is 2.69. The fourth-order valence-corrected chi connectivity index (χ4v) is 3.36. The van der Waals surface area contributed by atoms with Crippen LogP contribution in [-0.2, 0) is 10.0 Å². The molecule has 0 saturated heterocycles. The van der Waals surface area contributed by atoms with E-state index in [-0.39, 0.29) is 4.90 Å². The lowest BCUT2D eigenvalue weighted by molar-refractivity contribution is 0.171. The standard InChI is InChI=1S/C15H14ClNO4S/c1-10-8-12(3-4-13(10)16)22(18,19)17-11-2-5-14-15(9-11)21-7-6-20-14/h2-5,8-9,17H,6-7H2,1H3. The van der Waals surface area contributed by atoms with Crippen LogP contribution in [0.15, 0.2) is 41.3 Å². The van der Waals surface area contributed by atoms with Gasteiger partial charge < -0.3 is 9.47 Å². The zero-order valence-corrected chi connectivity index (χ0v) is 13.4. The van der Waals surface area contributed by atoms with E-state index in [1.807, 2.05) is 0 Å². The number of anilines is 1. The Morgan fingerprint density at radius 3 is 2.50 bits per heavy atom. The highest BCUT2D eigenvalue weighted by atomic mass is 35.5. The maximum atomic E-state index is 12.4. The molecule has 0 aromatic heterocycles. The number of sulfonamides is 1. The number of ether oxygens (including phenoxy) is 2. The number of aryl methyl sites for hydroxylation is 1. The Balaban J connectivity index is 1.89. The summed E-state index contributed by atoms with van der Waals surface area (Å²) in [5.41, 5.74) is 1.11. The van der Waals surface area contributed by atoms with E-state index in [1.165, 1.54) is 12.1 Å². The van der Waals surface area contributed by atoms with E-state index >= 15 is 0 Å². The van der Waals surface area contributed by atoms with Crippen molar-refractivity contribution in [2.24, 2.45) is 0 Å². The van der Waals surface area contributed by atoms with Gasteiger partial charge in [0, 0.05) is 11.1 Å². The second kappa shape index (κ2) is 5.70. The van der Waals surface area contributed by atoms with E-state index in [0.717, 1.165) is 0 Å². The topological polar surface area (TPSA) is 64.6 Å². The molecule has 0 bridgehead atoms. The van der Waals surface area contributed by atoms with Crippen molar-refractivity contribution in [2.45, 2.75) is 11.8 Å². The minimum absolute atomic E-state index is 0.157. The van der Waals surface area contributed by atoms with E-state index in [4.69, 9.17) is 21.1 Å². The Kier molecular flexibility index (Phi) is 3.88. The molecule has 7 heteroatoms. The normalized spacial score (nSPS) is 13.7. The van der Waals surface area contributed by atoms with Crippen LogP contribution in [0.4, 0.5) is 5.69 Å². The maximum Gasteiger partial charge on any atom is 0.261 e. The highest BCUT2D eigenvalue weighted by molar-refractivity contribution is 7.92. The fraction of sp³-hybridized carbons (Fsp3) is 0.200. The molecule has 0 atom stereocenters. The van der Waals surface area contributed by atoms with Crippen LogP contribution < -0.4 is 14.2 Å². The molecular weight excluding hydrogens is 326 g/mol. The van der Waals surface area contributed by atoms with Gasteiger partial charge in [-0.25, -0.2) is 8.42 Å². The molecule has 1 heterocycles. The van der Waals surface area contributed by atoms with Crippen molar-refractivity contribution in [1.29, 1.82) is 0 Å². The quantitative estimate of drug-likeness (QED) is 0.932. The largest absolute Gasteiger partial charge is 0.486 e. The van der Waals surface area contributed by atoms with Crippen molar-refractivity contribution < 1.29 is 17.9 Å². The van der Waals surface area contributed by atoms with Gasteiger partial charge in [-0.2, -0.15) is 0 Å². The molecule has 0 unspecified atom stereocenters. The average Bonchev–Trinajstić information content (AvgIpc) is 2.49. The predicted octanol–water partition coefficient (Wildman–Crippen LogP) is 3.22. The summed E-state index contributed by atoms with van der Waals surface area (Å²) in [6.07, 6.45) is 0. The Morgan fingerprint density at radius 1 is 1.05 bits per heavy atom. The summed E-state index contributed by atoms with van der Waals surface area (Å²) in [5, 5.41) is 0.526. The van der Waals surface area contributed by atoms with Crippen LogP contribution in [0.3, 0.4) is 0 Å². The molecule has 5 nitrogen and oxygen atoms in total. The van der Waals surface area contributed by atoms with Gasteiger partial charge in [-0.1, -0.05) is 11.6 Å². The first-order valence-corrected chi connectivity index (χ1v) is 8.50. The predicted molar refractivity (Wildman–Crippen MR) is 84.4 cm³/mol. The van der Waals surface area contributed by atoms with Gasteiger partial charge in [-0.15, -0.1) is 0 Å². The number of hydrogen-bond donors (Lipinski definition) is 1. The average molecular weight is 340 g/mol. The van der Waals surface area contributed by atoms with Crippen LogP contribution >= 0.6 is 11.6 Å². The molecule has 0 saturated carbocycles. The Morgan fingerprint density at radius 2 is 1.77 bits per heavy atom. The molecule has 1 N–H and O–H groups in total. The summed E-state index contributed by atoms with van der Waals surface area (Å²) >= 11 is 5.92. The van der Waals surface area contributed by atoms with E-state index < -0.39 is 10.0 Å². The van der Waals surface area contributed by atoms with E-state index in [0.29, 0.717) is 41.0 Å². The molecule has 116 valence electrons. The third kappa shape index (κ3) is 2.98. The number of fused-ring (bicyclic) bond motifs is 1.